The van der Waals surface area contributed by atoms with Crippen LogP contribution in [0.25, 0.3) is 0 Å². The summed E-state index contributed by atoms with van der Waals surface area (Å²) in [6.45, 7) is 4.91. The summed E-state index contributed by atoms with van der Waals surface area (Å²) in [7, 11) is 0. The highest BCUT2D eigenvalue weighted by atomic mass is 16.5. The number of para-hydroxylation sites is 1. The topological polar surface area (TPSA) is 38.8 Å². The lowest BCUT2D eigenvalue weighted by Gasteiger charge is -2.43. The van der Waals surface area contributed by atoms with Crippen molar-refractivity contribution in [1.29, 1.82) is 0 Å². The van der Waals surface area contributed by atoms with E-state index in [-0.39, 0.29) is 5.78 Å². The molecule has 1 aromatic carbocycles. The number of ether oxygens (including phenoxy) is 2. The fraction of sp³-hybridized carbons (Fsp3) is 0.611. The first-order valence-electron chi connectivity index (χ1n) is 8.34. The first-order chi connectivity index (χ1) is 10.8. The van der Waals surface area contributed by atoms with Gasteiger partial charge in [-0.3, -0.25) is 9.69 Å². The van der Waals surface area contributed by atoms with Crippen LogP contribution in [-0.4, -0.2) is 49.1 Å². The predicted octanol–water partition coefficient (Wildman–Crippen LogP) is 2.91. The highest BCUT2D eigenvalue weighted by molar-refractivity contribution is 5.96. The van der Waals surface area contributed by atoms with Crippen LogP contribution in [0.15, 0.2) is 24.3 Å². The molecule has 1 aliphatic carbocycles. The molecule has 2 aliphatic rings. The summed E-state index contributed by atoms with van der Waals surface area (Å²) in [5.74, 6) is 0.748. The van der Waals surface area contributed by atoms with E-state index in [9.17, 15) is 4.79 Å². The van der Waals surface area contributed by atoms with Crippen molar-refractivity contribution >= 4 is 5.78 Å². The van der Waals surface area contributed by atoms with Gasteiger partial charge < -0.3 is 9.47 Å². The number of fused-ring (bicyclic) bond motifs is 1. The third-order valence-corrected chi connectivity index (χ3v) is 4.75. The Kier molecular flexibility index (Phi) is 5.11. The van der Waals surface area contributed by atoms with Crippen molar-refractivity contribution in [2.75, 3.05) is 26.3 Å². The van der Waals surface area contributed by atoms with Crippen LogP contribution in [0.3, 0.4) is 0 Å². The van der Waals surface area contributed by atoms with Gasteiger partial charge in [0.15, 0.2) is 5.78 Å². The lowest BCUT2D eigenvalue weighted by molar-refractivity contribution is -0.0901. The average molecular weight is 303 g/mol. The zero-order valence-electron chi connectivity index (χ0n) is 13.3. The highest BCUT2D eigenvalue weighted by Crippen LogP contribution is 2.28. The second-order valence-corrected chi connectivity index (χ2v) is 6.20. The number of morpholine rings is 1. The van der Waals surface area contributed by atoms with E-state index >= 15 is 0 Å². The van der Waals surface area contributed by atoms with Gasteiger partial charge in [-0.1, -0.05) is 25.0 Å². The Bertz CT molecular complexity index is 515. The van der Waals surface area contributed by atoms with E-state index in [1.807, 2.05) is 24.3 Å². The number of nitrogens with zero attached hydrogens (tertiary/aromatic N) is 1. The van der Waals surface area contributed by atoms with Crippen molar-refractivity contribution in [2.45, 2.75) is 44.8 Å². The molecule has 0 aromatic heterocycles. The van der Waals surface area contributed by atoms with Crippen molar-refractivity contribution in [2.24, 2.45) is 0 Å². The predicted molar refractivity (Wildman–Crippen MR) is 85.5 cm³/mol. The molecule has 1 saturated heterocycles. The van der Waals surface area contributed by atoms with Crippen LogP contribution >= 0.6 is 0 Å². The summed E-state index contributed by atoms with van der Waals surface area (Å²) < 4.78 is 11.8. The van der Waals surface area contributed by atoms with Crippen molar-refractivity contribution in [1.82, 2.24) is 4.90 Å². The lowest BCUT2D eigenvalue weighted by Crippen LogP contribution is -2.53. The maximum atomic E-state index is 11.6. The van der Waals surface area contributed by atoms with Gasteiger partial charge in [0.25, 0.3) is 0 Å². The van der Waals surface area contributed by atoms with E-state index < -0.39 is 0 Å². The highest BCUT2D eigenvalue weighted by Gasteiger charge is 2.33. The van der Waals surface area contributed by atoms with Crippen molar-refractivity contribution in [3.63, 3.8) is 0 Å². The van der Waals surface area contributed by atoms with Gasteiger partial charge in [-0.25, -0.2) is 0 Å². The fourth-order valence-electron chi connectivity index (χ4n) is 3.61. The van der Waals surface area contributed by atoms with Gasteiger partial charge in [-0.05, 0) is 31.9 Å². The SMILES string of the molecule is CC(=O)c1ccccc1OCCN1CCO[C@@H]2CCCC[C@@H]21. The molecular formula is C18H25NO3. The van der Waals surface area contributed by atoms with Crippen LogP contribution in [-0.2, 0) is 4.74 Å². The van der Waals surface area contributed by atoms with Gasteiger partial charge in [0, 0.05) is 19.1 Å². The van der Waals surface area contributed by atoms with E-state index in [1.54, 1.807) is 6.92 Å². The average Bonchev–Trinajstić information content (AvgIpc) is 2.55. The largest absolute Gasteiger partial charge is 0.491 e. The van der Waals surface area contributed by atoms with Gasteiger partial charge in [0.05, 0.1) is 18.3 Å². The van der Waals surface area contributed by atoms with E-state index in [0.717, 1.165) is 19.7 Å². The van der Waals surface area contributed by atoms with Gasteiger partial charge in [0.1, 0.15) is 12.4 Å². The third-order valence-electron chi connectivity index (χ3n) is 4.75. The van der Waals surface area contributed by atoms with E-state index in [1.165, 1.54) is 25.7 Å². The number of rotatable bonds is 5. The minimum atomic E-state index is 0.0503. The zero-order chi connectivity index (χ0) is 15.4. The molecule has 1 aromatic rings. The molecule has 0 N–H and O–H groups in total. The Labute approximate surface area is 132 Å². The molecule has 0 amide bonds. The molecule has 1 aliphatic heterocycles. The Balaban J connectivity index is 1.55. The quantitative estimate of drug-likeness (QED) is 0.784. The van der Waals surface area contributed by atoms with Crippen LogP contribution in [0, 0.1) is 0 Å². The molecule has 0 spiro atoms. The molecule has 2 atom stereocenters. The van der Waals surface area contributed by atoms with E-state index in [4.69, 9.17) is 9.47 Å². The smallest absolute Gasteiger partial charge is 0.163 e. The van der Waals surface area contributed by atoms with Gasteiger partial charge in [0.2, 0.25) is 0 Å². The molecule has 3 rings (SSSR count). The molecular weight excluding hydrogens is 278 g/mol. The summed E-state index contributed by atoms with van der Waals surface area (Å²) >= 11 is 0. The zero-order valence-corrected chi connectivity index (χ0v) is 13.3. The maximum absolute atomic E-state index is 11.6. The second kappa shape index (κ2) is 7.25. The number of benzene rings is 1. The summed E-state index contributed by atoms with van der Waals surface area (Å²) in [6.07, 6.45) is 5.42. The number of carbonyl (C=O) groups is 1. The first kappa shape index (κ1) is 15.5. The summed E-state index contributed by atoms with van der Waals surface area (Å²) in [5.41, 5.74) is 0.667. The number of ketones is 1. The number of Topliss-reactive ketones (excluding diaryl/α,β-unsaturated/α-hetero) is 1. The summed E-state index contributed by atoms with van der Waals surface area (Å²) in [5, 5.41) is 0. The standard InChI is InChI=1S/C18H25NO3/c1-14(20)15-6-2-4-8-17(15)21-12-10-19-11-13-22-18-9-5-3-7-16(18)19/h2,4,6,8,16,18H,3,5,7,9-13H2,1H3/t16-,18+/m0/s1. The molecule has 120 valence electrons. The Morgan fingerprint density at radius 1 is 1.32 bits per heavy atom. The van der Waals surface area contributed by atoms with Gasteiger partial charge >= 0.3 is 0 Å². The van der Waals surface area contributed by atoms with Crippen molar-refractivity contribution in [3.05, 3.63) is 29.8 Å². The normalized spacial score (nSPS) is 25.5. The Hall–Kier alpha value is -1.39. The summed E-state index contributed by atoms with van der Waals surface area (Å²) in [6, 6.07) is 8.03. The van der Waals surface area contributed by atoms with Crippen LogP contribution < -0.4 is 4.74 Å². The molecule has 4 nitrogen and oxygen atoms in total. The van der Waals surface area contributed by atoms with Crippen LogP contribution in [0.5, 0.6) is 5.75 Å². The van der Waals surface area contributed by atoms with E-state index in [0.29, 0.717) is 30.1 Å². The van der Waals surface area contributed by atoms with Crippen LogP contribution in [0.2, 0.25) is 0 Å². The molecule has 1 heterocycles. The maximum Gasteiger partial charge on any atom is 0.163 e. The Morgan fingerprint density at radius 2 is 2.14 bits per heavy atom. The number of hydrogen-bond acceptors (Lipinski definition) is 4. The minimum absolute atomic E-state index is 0.0503. The molecule has 1 saturated carbocycles. The Morgan fingerprint density at radius 3 is 3.00 bits per heavy atom. The van der Waals surface area contributed by atoms with Gasteiger partial charge in [-0.2, -0.15) is 0 Å². The van der Waals surface area contributed by atoms with Crippen molar-refractivity contribution in [3.8, 4) is 5.75 Å². The van der Waals surface area contributed by atoms with Crippen LogP contribution in [0.4, 0.5) is 0 Å². The molecule has 0 bridgehead atoms. The molecule has 4 heteroatoms. The lowest BCUT2D eigenvalue weighted by atomic mass is 9.90. The fourth-order valence-corrected chi connectivity index (χ4v) is 3.61. The molecule has 0 radical (unpaired) electrons. The third kappa shape index (κ3) is 3.50. The first-order valence-corrected chi connectivity index (χ1v) is 8.34. The molecule has 2 fully saturated rings. The molecule has 0 unspecified atom stereocenters. The van der Waals surface area contributed by atoms with E-state index in [2.05, 4.69) is 4.90 Å². The van der Waals surface area contributed by atoms with Crippen LogP contribution in [0.1, 0.15) is 43.0 Å². The second-order valence-electron chi connectivity index (χ2n) is 6.20. The number of carbonyl (C=O) groups excluding carboxylic acids is 1. The number of hydrogen-bond donors (Lipinski definition) is 0. The summed E-state index contributed by atoms with van der Waals surface area (Å²) in [4.78, 5) is 14.1. The van der Waals surface area contributed by atoms with Gasteiger partial charge in [-0.15, -0.1) is 0 Å². The monoisotopic (exact) mass is 303 g/mol. The van der Waals surface area contributed by atoms with Crippen molar-refractivity contribution < 1.29 is 14.3 Å². The molecule has 22 heavy (non-hydrogen) atoms. The minimum Gasteiger partial charge on any atom is -0.491 e.